The van der Waals surface area contributed by atoms with Crippen molar-refractivity contribution >= 4 is 27.9 Å². The molecule has 1 unspecified atom stereocenters. The molecule has 0 heterocycles. The van der Waals surface area contributed by atoms with Gasteiger partial charge in [0, 0.05) is 16.5 Å². The molecular formula is C11H11BrO5. The number of carbonyl (C=O) groups is 2. The van der Waals surface area contributed by atoms with Crippen LogP contribution in [-0.2, 0) is 16.0 Å². The van der Waals surface area contributed by atoms with Crippen LogP contribution in [0.15, 0.2) is 22.7 Å². The van der Waals surface area contributed by atoms with Crippen LogP contribution in [0.5, 0.6) is 0 Å². The Bertz CT molecular complexity index is 443. The molecule has 0 saturated heterocycles. The number of aliphatic carboxylic acids is 2. The summed E-state index contributed by atoms with van der Waals surface area (Å²) in [5, 5.41) is 26.9. The van der Waals surface area contributed by atoms with Crippen LogP contribution in [0, 0.1) is 0 Å². The number of carboxylic acids is 2. The highest BCUT2D eigenvalue weighted by Crippen LogP contribution is 2.28. The fourth-order valence-corrected chi connectivity index (χ4v) is 2.10. The lowest BCUT2D eigenvalue weighted by molar-refractivity contribution is -0.147. The van der Waals surface area contributed by atoms with E-state index in [1.54, 1.807) is 18.2 Å². The van der Waals surface area contributed by atoms with E-state index in [2.05, 4.69) is 15.9 Å². The van der Waals surface area contributed by atoms with E-state index in [1.165, 1.54) is 0 Å². The van der Waals surface area contributed by atoms with Gasteiger partial charge in [-0.2, -0.15) is 0 Å². The molecule has 1 aromatic carbocycles. The van der Waals surface area contributed by atoms with Gasteiger partial charge in [-0.15, -0.1) is 0 Å². The summed E-state index contributed by atoms with van der Waals surface area (Å²) < 4.78 is 0.454. The van der Waals surface area contributed by atoms with Crippen LogP contribution >= 0.6 is 15.9 Å². The van der Waals surface area contributed by atoms with E-state index in [0.29, 0.717) is 10.0 Å². The van der Waals surface area contributed by atoms with Gasteiger partial charge in [-0.05, 0) is 18.1 Å². The molecule has 92 valence electrons. The number of aryl methyl sites for hydroxylation is 1. The Morgan fingerprint density at radius 1 is 1.29 bits per heavy atom. The van der Waals surface area contributed by atoms with Crippen molar-refractivity contribution in [3.63, 3.8) is 0 Å². The third kappa shape index (κ3) is 3.54. The molecule has 5 nitrogen and oxygen atoms in total. The number of carboxylic acid groups (broad SMARTS) is 2. The largest absolute Gasteiger partial charge is 0.481 e. The van der Waals surface area contributed by atoms with Crippen molar-refractivity contribution in [1.82, 2.24) is 0 Å². The monoisotopic (exact) mass is 302 g/mol. The lowest BCUT2D eigenvalue weighted by Crippen LogP contribution is -2.14. The predicted octanol–water partition coefficient (Wildman–Crippen LogP) is 1.58. The van der Waals surface area contributed by atoms with Crippen molar-refractivity contribution in [3.05, 3.63) is 33.8 Å². The minimum atomic E-state index is -1.66. The molecule has 17 heavy (non-hydrogen) atoms. The Hall–Kier alpha value is -1.40. The quantitative estimate of drug-likeness (QED) is 0.767. The van der Waals surface area contributed by atoms with E-state index in [9.17, 15) is 14.7 Å². The second-order valence-corrected chi connectivity index (χ2v) is 4.30. The maximum atomic E-state index is 10.8. The minimum Gasteiger partial charge on any atom is -0.481 e. The third-order valence-corrected chi connectivity index (χ3v) is 2.95. The molecule has 0 fully saturated rings. The van der Waals surface area contributed by atoms with E-state index in [0.717, 1.165) is 0 Å². The van der Waals surface area contributed by atoms with Crippen molar-refractivity contribution < 1.29 is 24.9 Å². The number of aliphatic hydroxyl groups is 1. The van der Waals surface area contributed by atoms with Crippen molar-refractivity contribution in [2.45, 2.75) is 18.9 Å². The van der Waals surface area contributed by atoms with Gasteiger partial charge in [0.25, 0.3) is 0 Å². The van der Waals surface area contributed by atoms with Gasteiger partial charge in [0.2, 0.25) is 0 Å². The molecule has 0 aliphatic heterocycles. The van der Waals surface area contributed by atoms with Crippen LogP contribution in [0.4, 0.5) is 0 Å². The van der Waals surface area contributed by atoms with Crippen molar-refractivity contribution in [2.24, 2.45) is 0 Å². The fourth-order valence-electron chi connectivity index (χ4n) is 1.47. The van der Waals surface area contributed by atoms with Gasteiger partial charge in [0.05, 0.1) is 0 Å². The van der Waals surface area contributed by atoms with Gasteiger partial charge in [-0.3, -0.25) is 4.79 Å². The molecule has 0 aliphatic carbocycles. The Labute approximate surface area is 106 Å². The number of hydrogen-bond acceptors (Lipinski definition) is 3. The summed E-state index contributed by atoms with van der Waals surface area (Å²) >= 11 is 3.15. The molecule has 0 saturated carbocycles. The van der Waals surface area contributed by atoms with Crippen LogP contribution in [0.1, 0.15) is 23.7 Å². The summed E-state index contributed by atoms with van der Waals surface area (Å²) in [6, 6.07) is 4.88. The first-order valence-corrected chi connectivity index (χ1v) is 5.62. The second kappa shape index (κ2) is 5.79. The molecule has 0 aromatic heterocycles. The van der Waals surface area contributed by atoms with Crippen LogP contribution in [0.3, 0.4) is 0 Å². The number of rotatable bonds is 5. The number of benzene rings is 1. The number of aliphatic hydroxyl groups excluding tert-OH is 1. The highest BCUT2D eigenvalue weighted by molar-refractivity contribution is 9.10. The molecule has 0 bridgehead atoms. The normalized spacial score (nSPS) is 12.1. The van der Waals surface area contributed by atoms with Gasteiger partial charge >= 0.3 is 11.9 Å². The summed E-state index contributed by atoms with van der Waals surface area (Å²) in [5.74, 6) is -2.34. The molecule has 0 aliphatic rings. The zero-order valence-electron chi connectivity index (χ0n) is 8.76. The van der Waals surface area contributed by atoms with Gasteiger partial charge in [0.1, 0.15) is 0 Å². The average molecular weight is 303 g/mol. The molecule has 0 amide bonds. The Morgan fingerprint density at radius 3 is 2.47 bits per heavy atom. The molecule has 0 spiro atoms. The van der Waals surface area contributed by atoms with Gasteiger partial charge in [-0.25, -0.2) is 4.79 Å². The Morgan fingerprint density at radius 2 is 1.94 bits per heavy atom. The average Bonchev–Trinajstić information content (AvgIpc) is 2.25. The smallest absolute Gasteiger partial charge is 0.337 e. The molecule has 6 heteroatoms. The standard InChI is InChI=1S/C11H11BrO5/c12-7-3-1-2-6(4-5-8(13)14)9(7)10(15)11(16)17/h1-3,10,15H,4-5H2,(H,13,14)(H,16,17). The lowest BCUT2D eigenvalue weighted by atomic mass is 9.99. The fraction of sp³-hybridized carbons (Fsp3) is 0.273. The van der Waals surface area contributed by atoms with Gasteiger partial charge in [0.15, 0.2) is 6.10 Å². The number of hydrogen-bond donors (Lipinski definition) is 3. The molecule has 1 atom stereocenters. The van der Waals surface area contributed by atoms with E-state index < -0.39 is 18.0 Å². The zero-order valence-corrected chi connectivity index (χ0v) is 10.3. The SMILES string of the molecule is O=C(O)CCc1cccc(Br)c1C(O)C(=O)O. The van der Waals surface area contributed by atoms with Crippen molar-refractivity contribution in [2.75, 3.05) is 0 Å². The summed E-state index contributed by atoms with van der Waals surface area (Å²) in [6.45, 7) is 0. The maximum Gasteiger partial charge on any atom is 0.337 e. The maximum absolute atomic E-state index is 10.8. The van der Waals surface area contributed by atoms with Crippen LogP contribution in [0.2, 0.25) is 0 Å². The van der Waals surface area contributed by atoms with Gasteiger partial charge in [-0.1, -0.05) is 28.1 Å². The summed E-state index contributed by atoms with van der Waals surface area (Å²) in [6.07, 6.45) is -1.60. The van der Waals surface area contributed by atoms with E-state index >= 15 is 0 Å². The Balaban J connectivity index is 3.08. The molecule has 1 aromatic rings. The highest BCUT2D eigenvalue weighted by Gasteiger charge is 2.22. The molecular weight excluding hydrogens is 292 g/mol. The third-order valence-electron chi connectivity index (χ3n) is 2.26. The topological polar surface area (TPSA) is 94.8 Å². The molecule has 0 radical (unpaired) electrons. The van der Waals surface area contributed by atoms with E-state index in [1.807, 2.05) is 0 Å². The minimum absolute atomic E-state index is 0.115. The van der Waals surface area contributed by atoms with Crippen molar-refractivity contribution in [1.29, 1.82) is 0 Å². The number of halogens is 1. The van der Waals surface area contributed by atoms with E-state index in [-0.39, 0.29) is 18.4 Å². The van der Waals surface area contributed by atoms with Crippen LogP contribution < -0.4 is 0 Å². The highest BCUT2D eigenvalue weighted by atomic mass is 79.9. The first-order chi connectivity index (χ1) is 7.93. The summed E-state index contributed by atoms with van der Waals surface area (Å²) in [7, 11) is 0. The van der Waals surface area contributed by atoms with Crippen LogP contribution in [0.25, 0.3) is 0 Å². The molecule has 1 rings (SSSR count). The van der Waals surface area contributed by atoms with Crippen molar-refractivity contribution in [3.8, 4) is 0 Å². The first-order valence-electron chi connectivity index (χ1n) is 4.83. The van der Waals surface area contributed by atoms with Crippen LogP contribution in [-0.4, -0.2) is 27.3 Å². The predicted molar refractivity (Wildman–Crippen MR) is 62.7 cm³/mol. The molecule has 3 N–H and O–H groups in total. The second-order valence-electron chi connectivity index (χ2n) is 3.45. The van der Waals surface area contributed by atoms with E-state index in [4.69, 9.17) is 10.2 Å². The Kier molecular flexibility index (Phi) is 4.65. The first kappa shape index (κ1) is 13.7. The lowest BCUT2D eigenvalue weighted by Gasteiger charge is -2.13. The summed E-state index contributed by atoms with van der Waals surface area (Å²) in [4.78, 5) is 21.2. The van der Waals surface area contributed by atoms with Gasteiger partial charge < -0.3 is 15.3 Å². The zero-order chi connectivity index (χ0) is 13.0. The summed E-state index contributed by atoms with van der Waals surface area (Å²) in [5.41, 5.74) is 0.720.